The summed E-state index contributed by atoms with van der Waals surface area (Å²) in [5.41, 5.74) is -7.37. The van der Waals surface area contributed by atoms with E-state index in [-0.39, 0.29) is 47.8 Å². The molecule has 3 aliphatic rings. The Morgan fingerprint density at radius 2 is 1.69 bits per heavy atom. The van der Waals surface area contributed by atoms with Gasteiger partial charge in [-0.3, -0.25) is 4.90 Å². The molecule has 0 radical (unpaired) electrons. The van der Waals surface area contributed by atoms with Gasteiger partial charge in [-0.15, -0.1) is 0 Å². The molecule has 2 aliphatic heterocycles. The first-order valence-electron chi connectivity index (χ1n) is 14.2. The summed E-state index contributed by atoms with van der Waals surface area (Å²) >= 11 is 0. The molecule has 2 aromatic heterocycles. The topological polar surface area (TPSA) is 101 Å². The van der Waals surface area contributed by atoms with Crippen molar-refractivity contribution in [3.05, 3.63) is 53.0 Å². The van der Waals surface area contributed by atoms with Gasteiger partial charge in [-0.25, -0.2) is 24.1 Å². The molecule has 4 atom stereocenters. The van der Waals surface area contributed by atoms with Gasteiger partial charge in [0.1, 0.15) is 12.3 Å². The number of methoxy groups -OCH3 is 1. The summed E-state index contributed by atoms with van der Waals surface area (Å²) in [6.07, 6.45) is -17.6. The molecule has 0 bridgehead atoms. The van der Waals surface area contributed by atoms with Crippen LogP contribution >= 0.6 is 0 Å². The van der Waals surface area contributed by atoms with Gasteiger partial charge in [-0.05, 0) is 32.4 Å². The summed E-state index contributed by atoms with van der Waals surface area (Å²) in [5.74, 6) is -1.80. The van der Waals surface area contributed by atoms with Crippen LogP contribution in [-0.2, 0) is 16.9 Å². The van der Waals surface area contributed by atoms with E-state index >= 15 is 0 Å². The van der Waals surface area contributed by atoms with E-state index < -0.39 is 84.1 Å². The van der Waals surface area contributed by atoms with E-state index in [1.165, 1.54) is 11.8 Å². The van der Waals surface area contributed by atoms with Crippen LogP contribution in [0.25, 0.3) is 11.1 Å². The van der Waals surface area contributed by atoms with Crippen LogP contribution < -0.4 is 9.64 Å². The first kappa shape index (κ1) is 35.2. The Balaban J connectivity index is 1.54. The maximum atomic E-state index is 13.7. The number of aromatic nitrogens is 3. The van der Waals surface area contributed by atoms with Crippen LogP contribution in [0.5, 0.6) is 5.88 Å². The largest absolute Gasteiger partial charge is 0.481 e. The van der Waals surface area contributed by atoms with E-state index in [9.17, 15) is 53.8 Å². The number of nitrogens with zero attached hydrogens (tertiary/aromatic N) is 5. The van der Waals surface area contributed by atoms with Crippen molar-refractivity contribution in [1.29, 1.82) is 0 Å². The highest BCUT2D eigenvalue weighted by molar-refractivity contribution is 5.74. The fourth-order valence-electron chi connectivity index (χ4n) is 5.59. The molecular weight excluding hydrogens is 672 g/mol. The third-order valence-electron chi connectivity index (χ3n) is 8.47. The lowest BCUT2D eigenvalue weighted by atomic mass is 9.83. The van der Waals surface area contributed by atoms with Gasteiger partial charge in [0.25, 0.3) is 0 Å². The van der Waals surface area contributed by atoms with Crippen LogP contribution in [0.2, 0.25) is 0 Å². The van der Waals surface area contributed by atoms with Crippen molar-refractivity contribution in [2.24, 2.45) is 5.92 Å². The maximum absolute atomic E-state index is 13.7. The Kier molecular flexibility index (Phi) is 8.84. The van der Waals surface area contributed by atoms with Crippen molar-refractivity contribution in [3.8, 4) is 17.0 Å². The van der Waals surface area contributed by atoms with Crippen molar-refractivity contribution < 1.29 is 63.3 Å². The Labute approximate surface area is 265 Å². The second kappa shape index (κ2) is 12.1. The number of anilines is 1. The van der Waals surface area contributed by atoms with Crippen LogP contribution in [0.3, 0.4) is 0 Å². The number of aliphatic hydroxyl groups is 1. The zero-order valence-corrected chi connectivity index (χ0v) is 25.2. The number of carbonyl (C=O) groups is 1. The molecule has 2 aromatic rings. The molecule has 5 rings (SSSR count). The maximum Gasteiger partial charge on any atom is 0.421 e. The van der Waals surface area contributed by atoms with Crippen LogP contribution in [0.15, 0.2) is 41.8 Å². The number of halogens is 10. The smallest absolute Gasteiger partial charge is 0.421 e. The lowest BCUT2D eigenvalue weighted by Gasteiger charge is -2.34. The lowest BCUT2D eigenvalue weighted by molar-refractivity contribution is -0.259. The third-order valence-corrected chi connectivity index (χ3v) is 8.47. The summed E-state index contributed by atoms with van der Waals surface area (Å²) in [6.45, 7) is 1.13. The van der Waals surface area contributed by atoms with Crippen molar-refractivity contribution in [3.63, 3.8) is 0 Å². The Morgan fingerprint density at radius 3 is 2.25 bits per heavy atom. The Bertz CT molecular complexity index is 1630. The number of allylic oxidation sites excluding steroid dienone is 3. The Hall–Kier alpha value is -4.16. The van der Waals surface area contributed by atoms with Gasteiger partial charge in [0.05, 0.1) is 44.1 Å². The fourth-order valence-corrected chi connectivity index (χ4v) is 5.59. The van der Waals surface area contributed by atoms with Crippen LogP contribution in [0.1, 0.15) is 31.5 Å². The average Bonchev–Trinajstić information content (AvgIpc) is 3.26. The van der Waals surface area contributed by atoms with Crippen molar-refractivity contribution in [1.82, 2.24) is 19.9 Å². The molecule has 262 valence electrons. The van der Waals surface area contributed by atoms with Gasteiger partial charge in [0.2, 0.25) is 11.8 Å². The minimum Gasteiger partial charge on any atom is -0.481 e. The van der Waals surface area contributed by atoms with Crippen molar-refractivity contribution in [2.45, 2.75) is 69.3 Å². The third kappa shape index (κ3) is 6.60. The summed E-state index contributed by atoms with van der Waals surface area (Å²) in [5, 5.41) is 10.3. The average molecular weight is 700 g/mol. The molecule has 4 unspecified atom stereocenters. The molecule has 9 nitrogen and oxygen atoms in total. The standard InChI is InChI=1S/C29H27F10N5O4/c1-13-22(14-4-15(27(31,32)33)6-16(5-14)28(34,35)36)48-25(45)44(13)12-21-20(9-41-24(42-21)43-10-18(30)11-43)19-7-17(8-40-23(19)47-3)26(2,46)29(37,38)39/h4,6-9,13-14,18,22,46H,5,10-12H2,1-3H3. The molecule has 0 saturated carbocycles. The number of carbonyl (C=O) groups excluding carboxylic acids is 1. The molecule has 48 heavy (non-hydrogen) atoms. The molecule has 1 aliphatic carbocycles. The van der Waals surface area contributed by atoms with Gasteiger partial charge < -0.3 is 19.5 Å². The summed E-state index contributed by atoms with van der Waals surface area (Å²) in [7, 11) is 1.16. The summed E-state index contributed by atoms with van der Waals surface area (Å²) in [4.78, 5) is 28.0. The van der Waals surface area contributed by atoms with Crippen molar-refractivity contribution in [2.75, 3.05) is 25.1 Å². The number of ether oxygens (including phenoxy) is 2. The predicted molar refractivity (Wildman–Crippen MR) is 146 cm³/mol. The molecule has 4 heterocycles. The zero-order valence-electron chi connectivity index (χ0n) is 25.2. The number of hydrogen-bond donors (Lipinski definition) is 1. The number of rotatable bonds is 7. The van der Waals surface area contributed by atoms with Crippen LogP contribution in [0, 0.1) is 5.92 Å². The molecular formula is C29H27F10N5O4. The highest BCUT2D eigenvalue weighted by Crippen LogP contribution is 2.45. The second-order valence-electron chi connectivity index (χ2n) is 11.8. The van der Waals surface area contributed by atoms with Gasteiger partial charge in [0, 0.05) is 40.6 Å². The Morgan fingerprint density at radius 1 is 1.02 bits per heavy atom. The highest BCUT2D eigenvalue weighted by Gasteiger charge is 2.52. The minimum absolute atomic E-state index is 0.00779. The summed E-state index contributed by atoms with van der Waals surface area (Å²) < 4.78 is 147. The van der Waals surface area contributed by atoms with Gasteiger partial charge >= 0.3 is 24.6 Å². The SMILES string of the molecule is COc1ncc(C(C)(O)C(F)(F)F)cc1-c1cnc(N2CC(F)C2)nc1CN1C(=O)OC(C2C=C(C(F)(F)F)C=C(C(F)(F)F)C2)C1C. The zero-order chi connectivity index (χ0) is 35.6. The normalized spacial score (nSPS) is 23.7. The molecule has 1 N–H and O–H groups in total. The second-order valence-corrected chi connectivity index (χ2v) is 11.8. The molecule has 2 saturated heterocycles. The molecule has 19 heteroatoms. The van der Waals surface area contributed by atoms with Crippen molar-refractivity contribution >= 4 is 12.0 Å². The number of amides is 1. The van der Waals surface area contributed by atoms with E-state index in [1.54, 1.807) is 0 Å². The quantitative estimate of drug-likeness (QED) is 0.342. The molecule has 2 fully saturated rings. The van der Waals surface area contributed by atoms with Gasteiger partial charge in [-0.1, -0.05) is 6.08 Å². The first-order valence-corrected chi connectivity index (χ1v) is 14.2. The molecule has 0 spiro atoms. The van der Waals surface area contributed by atoms with E-state index in [0.717, 1.165) is 30.5 Å². The lowest BCUT2D eigenvalue weighted by Crippen LogP contribution is -2.49. The predicted octanol–water partition coefficient (Wildman–Crippen LogP) is 6.18. The van der Waals surface area contributed by atoms with Gasteiger partial charge in [-0.2, -0.15) is 39.5 Å². The van der Waals surface area contributed by atoms with E-state index in [0.29, 0.717) is 13.0 Å². The van der Waals surface area contributed by atoms with Crippen LogP contribution in [-0.4, -0.2) is 88.1 Å². The number of alkyl halides is 10. The number of pyridine rings is 1. The van der Waals surface area contributed by atoms with Crippen LogP contribution in [0.4, 0.5) is 54.6 Å². The monoisotopic (exact) mass is 699 g/mol. The van der Waals surface area contributed by atoms with E-state index in [1.807, 2.05) is 0 Å². The van der Waals surface area contributed by atoms with E-state index in [2.05, 4.69) is 15.0 Å². The number of cyclic esters (lactones) is 1. The fraction of sp³-hybridized carbons (Fsp3) is 0.517. The summed E-state index contributed by atoms with van der Waals surface area (Å²) in [6, 6.07) is -0.211. The highest BCUT2D eigenvalue weighted by atomic mass is 19.4. The minimum atomic E-state index is -5.13. The first-order chi connectivity index (χ1) is 22.1. The van der Waals surface area contributed by atoms with E-state index in [4.69, 9.17) is 9.47 Å². The number of hydrogen-bond acceptors (Lipinski definition) is 8. The van der Waals surface area contributed by atoms with Gasteiger partial charge in [0.15, 0.2) is 5.60 Å². The molecule has 1 amide bonds. The molecule has 0 aromatic carbocycles.